The fourth-order valence-electron chi connectivity index (χ4n) is 2.54. The maximum absolute atomic E-state index is 11.9. The molecule has 0 aliphatic heterocycles. The first-order valence-corrected chi connectivity index (χ1v) is 6.73. The molecule has 0 bridgehead atoms. The van der Waals surface area contributed by atoms with Gasteiger partial charge in [-0.2, -0.15) is 0 Å². The summed E-state index contributed by atoms with van der Waals surface area (Å²) in [4.78, 5) is 16.0. The van der Waals surface area contributed by atoms with E-state index >= 15 is 0 Å². The number of aromatic nitrogens is 1. The highest BCUT2D eigenvalue weighted by Gasteiger charge is 2.21. The number of hydrogen-bond donors (Lipinski definition) is 2. The van der Waals surface area contributed by atoms with E-state index in [1.807, 2.05) is 12.1 Å². The van der Waals surface area contributed by atoms with Gasteiger partial charge in [0, 0.05) is 6.20 Å². The summed E-state index contributed by atoms with van der Waals surface area (Å²) in [5.41, 5.74) is 5.96. The second kappa shape index (κ2) is 6.50. The number of rotatable bonds is 4. The molecular weight excluding hydrogens is 226 g/mol. The average Bonchev–Trinajstić information content (AvgIpc) is 2.41. The molecule has 4 heteroatoms. The maximum atomic E-state index is 11.9. The molecule has 1 heterocycles. The van der Waals surface area contributed by atoms with Gasteiger partial charge in [0.2, 0.25) is 5.91 Å². The van der Waals surface area contributed by atoms with E-state index in [-0.39, 0.29) is 5.91 Å². The van der Waals surface area contributed by atoms with Crippen LogP contribution in [0.3, 0.4) is 0 Å². The fraction of sp³-hybridized carbons (Fsp3) is 0.571. The molecule has 4 nitrogen and oxygen atoms in total. The van der Waals surface area contributed by atoms with Crippen LogP contribution in [0.5, 0.6) is 0 Å². The zero-order valence-electron chi connectivity index (χ0n) is 10.6. The van der Waals surface area contributed by atoms with Gasteiger partial charge in [-0.05, 0) is 24.5 Å². The molecule has 0 radical (unpaired) electrons. The van der Waals surface area contributed by atoms with E-state index in [1.165, 1.54) is 32.1 Å². The van der Waals surface area contributed by atoms with E-state index in [2.05, 4.69) is 10.3 Å². The summed E-state index contributed by atoms with van der Waals surface area (Å²) < 4.78 is 0. The molecule has 98 valence electrons. The van der Waals surface area contributed by atoms with Gasteiger partial charge in [0.1, 0.15) is 5.82 Å². The van der Waals surface area contributed by atoms with Gasteiger partial charge in [-0.1, -0.05) is 38.2 Å². The normalized spacial score (nSPS) is 18.3. The number of carbonyl (C=O) groups is 1. The van der Waals surface area contributed by atoms with Crippen LogP contribution in [0.4, 0.5) is 5.82 Å². The molecule has 0 unspecified atom stereocenters. The predicted octanol–water partition coefficient (Wildman–Crippen LogP) is 2.32. The summed E-state index contributed by atoms with van der Waals surface area (Å²) in [6.45, 7) is 0. The van der Waals surface area contributed by atoms with Crippen molar-refractivity contribution in [3.8, 4) is 0 Å². The third-order valence-electron chi connectivity index (χ3n) is 3.56. The number of nitrogens with two attached hydrogens (primary N) is 1. The van der Waals surface area contributed by atoms with Crippen molar-refractivity contribution in [3.63, 3.8) is 0 Å². The smallest absolute Gasteiger partial charge is 0.242 e. The molecule has 1 fully saturated rings. The minimum atomic E-state index is -0.421. The Hall–Kier alpha value is -1.42. The lowest BCUT2D eigenvalue weighted by atomic mass is 9.85. The summed E-state index contributed by atoms with van der Waals surface area (Å²) >= 11 is 0. The van der Waals surface area contributed by atoms with E-state index < -0.39 is 6.04 Å². The topological polar surface area (TPSA) is 68.0 Å². The molecule has 1 aromatic heterocycles. The van der Waals surface area contributed by atoms with Crippen LogP contribution in [0.25, 0.3) is 0 Å². The Morgan fingerprint density at radius 2 is 2.17 bits per heavy atom. The molecule has 0 spiro atoms. The van der Waals surface area contributed by atoms with Crippen molar-refractivity contribution in [1.82, 2.24) is 4.98 Å². The van der Waals surface area contributed by atoms with Gasteiger partial charge in [-0.15, -0.1) is 0 Å². The van der Waals surface area contributed by atoms with Crippen LogP contribution in [0, 0.1) is 5.92 Å². The second-order valence-corrected chi connectivity index (χ2v) is 5.05. The predicted molar refractivity (Wildman–Crippen MR) is 72.0 cm³/mol. The van der Waals surface area contributed by atoms with Crippen molar-refractivity contribution in [2.45, 2.75) is 44.6 Å². The van der Waals surface area contributed by atoms with Crippen LogP contribution < -0.4 is 11.1 Å². The standard InChI is InChI=1S/C14H21N3O/c15-12(10-11-6-2-1-3-7-11)14(18)17-13-8-4-5-9-16-13/h4-5,8-9,11-12H,1-3,6-7,10,15H2,(H,16,17,18)/t12-/m0/s1. The third-order valence-corrected chi connectivity index (χ3v) is 3.56. The van der Waals surface area contributed by atoms with Gasteiger partial charge in [0.25, 0.3) is 0 Å². The summed E-state index contributed by atoms with van der Waals surface area (Å²) in [5, 5.41) is 2.76. The molecule has 0 aromatic carbocycles. The van der Waals surface area contributed by atoms with Crippen LogP contribution in [0.15, 0.2) is 24.4 Å². The van der Waals surface area contributed by atoms with E-state index in [4.69, 9.17) is 5.73 Å². The van der Waals surface area contributed by atoms with Crippen LogP contribution in [0.1, 0.15) is 38.5 Å². The highest BCUT2D eigenvalue weighted by Crippen LogP contribution is 2.27. The second-order valence-electron chi connectivity index (χ2n) is 5.05. The van der Waals surface area contributed by atoms with E-state index in [0.29, 0.717) is 11.7 Å². The van der Waals surface area contributed by atoms with Crippen LogP contribution in [-0.2, 0) is 4.79 Å². The van der Waals surface area contributed by atoms with Gasteiger partial charge < -0.3 is 11.1 Å². The first-order chi connectivity index (χ1) is 8.75. The molecule has 18 heavy (non-hydrogen) atoms. The summed E-state index contributed by atoms with van der Waals surface area (Å²) in [7, 11) is 0. The van der Waals surface area contributed by atoms with Crippen molar-refractivity contribution < 1.29 is 4.79 Å². The van der Waals surface area contributed by atoms with Gasteiger partial charge in [0.05, 0.1) is 6.04 Å². The van der Waals surface area contributed by atoms with Gasteiger partial charge in [-0.25, -0.2) is 4.98 Å². The van der Waals surface area contributed by atoms with Gasteiger partial charge >= 0.3 is 0 Å². The summed E-state index contributed by atoms with van der Waals surface area (Å²) in [6.07, 6.45) is 8.75. The number of amides is 1. The van der Waals surface area contributed by atoms with E-state index in [1.54, 1.807) is 12.3 Å². The van der Waals surface area contributed by atoms with Crippen LogP contribution >= 0.6 is 0 Å². The average molecular weight is 247 g/mol. The molecule has 1 amide bonds. The van der Waals surface area contributed by atoms with Crippen LogP contribution in [-0.4, -0.2) is 16.9 Å². The Bertz CT molecular complexity index is 374. The van der Waals surface area contributed by atoms with Crippen molar-refractivity contribution >= 4 is 11.7 Å². The van der Waals surface area contributed by atoms with E-state index in [9.17, 15) is 4.79 Å². The Morgan fingerprint density at radius 1 is 1.39 bits per heavy atom. The number of anilines is 1. The first-order valence-electron chi connectivity index (χ1n) is 6.73. The largest absolute Gasteiger partial charge is 0.320 e. The Kier molecular flexibility index (Phi) is 4.70. The quantitative estimate of drug-likeness (QED) is 0.858. The molecule has 2 rings (SSSR count). The molecule has 1 saturated carbocycles. The number of hydrogen-bond acceptors (Lipinski definition) is 3. The van der Waals surface area contributed by atoms with Gasteiger partial charge in [-0.3, -0.25) is 4.79 Å². The zero-order valence-corrected chi connectivity index (χ0v) is 10.6. The lowest BCUT2D eigenvalue weighted by molar-refractivity contribution is -0.117. The molecule has 0 saturated heterocycles. The highest BCUT2D eigenvalue weighted by atomic mass is 16.2. The molecule has 1 aliphatic carbocycles. The Morgan fingerprint density at radius 3 is 2.83 bits per heavy atom. The number of nitrogens with one attached hydrogen (secondary N) is 1. The van der Waals surface area contributed by atoms with Crippen molar-refractivity contribution in [2.24, 2.45) is 11.7 Å². The monoisotopic (exact) mass is 247 g/mol. The number of carbonyl (C=O) groups excluding carboxylic acids is 1. The summed E-state index contributed by atoms with van der Waals surface area (Å²) in [5.74, 6) is 1.06. The molecule has 3 N–H and O–H groups in total. The number of pyridine rings is 1. The zero-order chi connectivity index (χ0) is 12.8. The minimum Gasteiger partial charge on any atom is -0.320 e. The summed E-state index contributed by atoms with van der Waals surface area (Å²) in [6, 6.07) is 5.01. The molecule has 1 aliphatic rings. The fourth-order valence-corrected chi connectivity index (χ4v) is 2.54. The molecule has 1 aromatic rings. The number of nitrogens with zero attached hydrogens (tertiary/aromatic N) is 1. The highest BCUT2D eigenvalue weighted by molar-refractivity contribution is 5.93. The Labute approximate surface area is 108 Å². The van der Waals surface area contributed by atoms with Crippen molar-refractivity contribution in [3.05, 3.63) is 24.4 Å². The maximum Gasteiger partial charge on any atom is 0.242 e. The molecule has 1 atom stereocenters. The Balaban J connectivity index is 1.81. The van der Waals surface area contributed by atoms with Gasteiger partial charge in [0.15, 0.2) is 0 Å². The molecular formula is C14H21N3O. The lowest BCUT2D eigenvalue weighted by Crippen LogP contribution is -2.37. The van der Waals surface area contributed by atoms with Crippen LogP contribution in [0.2, 0.25) is 0 Å². The first kappa shape index (κ1) is 13.0. The lowest BCUT2D eigenvalue weighted by Gasteiger charge is -2.23. The van der Waals surface area contributed by atoms with Crippen molar-refractivity contribution in [1.29, 1.82) is 0 Å². The third kappa shape index (κ3) is 3.81. The van der Waals surface area contributed by atoms with Crippen molar-refractivity contribution in [2.75, 3.05) is 5.32 Å². The SMILES string of the molecule is N[C@@H](CC1CCCCC1)C(=O)Nc1ccccn1. The minimum absolute atomic E-state index is 0.126. The van der Waals surface area contributed by atoms with E-state index in [0.717, 1.165) is 6.42 Å².